The van der Waals surface area contributed by atoms with Gasteiger partial charge >= 0.3 is 0 Å². The number of hydrogen-bond acceptors (Lipinski definition) is 7. The Kier molecular flexibility index (Phi) is 4.66. The highest BCUT2D eigenvalue weighted by Gasteiger charge is 2.34. The second-order valence-corrected chi connectivity index (χ2v) is 5.97. The van der Waals surface area contributed by atoms with E-state index in [1.54, 1.807) is 37.6 Å². The first-order valence-electron chi connectivity index (χ1n) is 7.88. The van der Waals surface area contributed by atoms with Crippen molar-refractivity contribution in [3.63, 3.8) is 0 Å². The second kappa shape index (κ2) is 6.88. The topological polar surface area (TPSA) is 104 Å². The van der Waals surface area contributed by atoms with Gasteiger partial charge in [0.15, 0.2) is 0 Å². The van der Waals surface area contributed by atoms with Crippen molar-refractivity contribution in [3.05, 3.63) is 42.2 Å². The quantitative estimate of drug-likeness (QED) is 0.834. The van der Waals surface area contributed by atoms with Crippen molar-refractivity contribution < 1.29 is 9.90 Å². The van der Waals surface area contributed by atoms with Crippen LogP contribution in [0.2, 0.25) is 0 Å². The minimum Gasteiger partial charge on any atom is -0.386 e. The molecule has 1 amide bonds. The fourth-order valence-corrected chi connectivity index (χ4v) is 2.80. The fourth-order valence-electron chi connectivity index (χ4n) is 2.80. The van der Waals surface area contributed by atoms with Crippen molar-refractivity contribution in [1.29, 1.82) is 0 Å². The van der Waals surface area contributed by atoms with Gasteiger partial charge in [-0.05, 0) is 31.9 Å². The van der Waals surface area contributed by atoms with E-state index in [-0.39, 0.29) is 12.5 Å². The van der Waals surface area contributed by atoms with Gasteiger partial charge in [0.2, 0.25) is 5.95 Å². The lowest BCUT2D eigenvalue weighted by atomic mass is 9.93. The molecule has 2 N–H and O–H groups in total. The first-order valence-corrected chi connectivity index (χ1v) is 7.88. The van der Waals surface area contributed by atoms with Gasteiger partial charge in [-0.25, -0.2) is 19.9 Å². The van der Waals surface area contributed by atoms with Crippen molar-refractivity contribution in [3.8, 4) is 0 Å². The Bertz CT molecular complexity index is 711. The summed E-state index contributed by atoms with van der Waals surface area (Å²) in [5.74, 6) is 0.807. The van der Waals surface area contributed by atoms with E-state index in [4.69, 9.17) is 0 Å². The highest BCUT2D eigenvalue weighted by molar-refractivity contribution is 5.92. The van der Waals surface area contributed by atoms with Crippen LogP contribution in [-0.2, 0) is 0 Å². The molecule has 0 aromatic carbocycles. The van der Waals surface area contributed by atoms with Crippen molar-refractivity contribution in [2.75, 3.05) is 24.5 Å². The predicted octanol–water partition coefficient (Wildman–Crippen LogP) is 0.336. The molecule has 0 saturated carbocycles. The van der Waals surface area contributed by atoms with Crippen molar-refractivity contribution >= 4 is 11.9 Å². The Hall–Kier alpha value is -2.61. The van der Waals surface area contributed by atoms with Gasteiger partial charge in [-0.15, -0.1) is 0 Å². The van der Waals surface area contributed by atoms with Crippen LogP contribution in [0.25, 0.3) is 0 Å². The fraction of sp³-hybridized carbons (Fsp3) is 0.438. The average Bonchev–Trinajstić information content (AvgIpc) is 2.60. The van der Waals surface area contributed by atoms with Gasteiger partial charge in [0, 0.05) is 31.7 Å². The summed E-state index contributed by atoms with van der Waals surface area (Å²) in [4.78, 5) is 30.6. The van der Waals surface area contributed by atoms with Crippen LogP contribution in [0, 0.1) is 6.92 Å². The van der Waals surface area contributed by atoms with E-state index in [0.29, 0.717) is 30.4 Å². The van der Waals surface area contributed by atoms with E-state index in [0.717, 1.165) is 13.0 Å². The summed E-state index contributed by atoms with van der Waals surface area (Å²) in [5.41, 5.74) is -0.722. The summed E-state index contributed by atoms with van der Waals surface area (Å²) < 4.78 is 0. The lowest BCUT2D eigenvalue weighted by Crippen LogP contribution is -2.54. The number of nitrogens with zero attached hydrogens (tertiary/aromatic N) is 5. The number of aliphatic hydroxyl groups is 1. The second-order valence-electron chi connectivity index (χ2n) is 5.97. The molecule has 126 valence electrons. The molecule has 2 aromatic rings. The molecule has 0 bridgehead atoms. The van der Waals surface area contributed by atoms with Crippen molar-refractivity contribution in [2.45, 2.75) is 25.4 Å². The molecule has 8 heteroatoms. The summed E-state index contributed by atoms with van der Waals surface area (Å²) in [6.07, 6.45) is 6.31. The maximum absolute atomic E-state index is 12.2. The zero-order valence-corrected chi connectivity index (χ0v) is 13.5. The van der Waals surface area contributed by atoms with E-state index < -0.39 is 5.60 Å². The molecule has 8 nitrogen and oxygen atoms in total. The van der Waals surface area contributed by atoms with Crippen LogP contribution >= 0.6 is 0 Å². The summed E-state index contributed by atoms with van der Waals surface area (Å²) >= 11 is 0. The van der Waals surface area contributed by atoms with Gasteiger partial charge in [-0.3, -0.25) is 4.79 Å². The molecule has 0 aliphatic carbocycles. The van der Waals surface area contributed by atoms with Gasteiger partial charge in [-0.1, -0.05) is 0 Å². The highest BCUT2D eigenvalue weighted by atomic mass is 16.3. The smallest absolute Gasteiger partial charge is 0.270 e. The molecule has 1 aliphatic rings. The first kappa shape index (κ1) is 16.3. The van der Waals surface area contributed by atoms with Crippen LogP contribution in [0.3, 0.4) is 0 Å². The van der Waals surface area contributed by atoms with Gasteiger partial charge in [0.25, 0.3) is 5.91 Å². The molecule has 2 aromatic heterocycles. The summed E-state index contributed by atoms with van der Waals surface area (Å²) in [7, 11) is 0. The van der Waals surface area contributed by atoms with Crippen LogP contribution in [0.5, 0.6) is 0 Å². The SMILES string of the molecule is Cc1nccc(C(=O)NC[C@]2(O)CCCN(c3ncccn3)C2)n1. The Balaban J connectivity index is 1.62. The van der Waals surface area contributed by atoms with E-state index in [1.165, 1.54) is 0 Å². The maximum Gasteiger partial charge on any atom is 0.270 e. The van der Waals surface area contributed by atoms with Crippen LogP contribution in [0.1, 0.15) is 29.2 Å². The molecule has 3 heterocycles. The number of carbonyl (C=O) groups is 1. The van der Waals surface area contributed by atoms with E-state index in [1.807, 2.05) is 4.90 Å². The van der Waals surface area contributed by atoms with Crippen LogP contribution in [0.15, 0.2) is 30.7 Å². The minimum atomic E-state index is -1.02. The molecular formula is C16H20N6O2. The monoisotopic (exact) mass is 328 g/mol. The van der Waals surface area contributed by atoms with Gasteiger partial charge < -0.3 is 15.3 Å². The Morgan fingerprint density at radius 1 is 1.33 bits per heavy atom. The summed E-state index contributed by atoms with van der Waals surface area (Å²) in [6, 6.07) is 3.31. The molecule has 1 atom stereocenters. The molecule has 1 aliphatic heterocycles. The number of aromatic nitrogens is 4. The molecule has 1 saturated heterocycles. The average molecular weight is 328 g/mol. The predicted molar refractivity (Wildman–Crippen MR) is 87.5 cm³/mol. The van der Waals surface area contributed by atoms with Gasteiger partial charge in [0.1, 0.15) is 11.5 Å². The Morgan fingerprint density at radius 3 is 2.88 bits per heavy atom. The Morgan fingerprint density at radius 2 is 2.12 bits per heavy atom. The lowest BCUT2D eigenvalue weighted by Gasteiger charge is -2.39. The lowest BCUT2D eigenvalue weighted by molar-refractivity contribution is 0.0251. The first-order chi connectivity index (χ1) is 11.6. The number of amides is 1. The summed E-state index contributed by atoms with van der Waals surface area (Å²) in [6.45, 7) is 3.03. The molecule has 0 radical (unpaired) electrons. The van der Waals surface area contributed by atoms with Gasteiger partial charge in [0.05, 0.1) is 12.1 Å². The van der Waals surface area contributed by atoms with Gasteiger partial charge in [-0.2, -0.15) is 0 Å². The van der Waals surface area contributed by atoms with Crippen LogP contribution in [0.4, 0.5) is 5.95 Å². The maximum atomic E-state index is 12.2. The minimum absolute atomic E-state index is 0.151. The molecule has 0 unspecified atom stereocenters. The normalized spacial score (nSPS) is 20.7. The molecule has 0 spiro atoms. The largest absolute Gasteiger partial charge is 0.386 e. The third-order valence-electron chi connectivity index (χ3n) is 3.98. The van der Waals surface area contributed by atoms with E-state index >= 15 is 0 Å². The van der Waals surface area contributed by atoms with Crippen LogP contribution < -0.4 is 10.2 Å². The van der Waals surface area contributed by atoms with E-state index in [9.17, 15) is 9.90 Å². The van der Waals surface area contributed by atoms with Crippen LogP contribution in [-0.4, -0.2) is 56.2 Å². The third kappa shape index (κ3) is 3.83. The Labute approximate surface area is 140 Å². The zero-order chi connectivity index (χ0) is 17.0. The third-order valence-corrected chi connectivity index (χ3v) is 3.98. The number of aryl methyl sites for hydroxylation is 1. The number of β-amino-alcohol motifs (C(OH)–C–C–N with tert-alkyl or cyclic N) is 1. The number of hydrogen-bond donors (Lipinski definition) is 2. The standard InChI is InChI=1S/C16H20N6O2/c1-12-17-8-4-13(21-12)14(23)20-10-16(24)5-2-9-22(11-16)15-18-6-3-7-19-15/h3-4,6-8,24H,2,5,9-11H2,1H3,(H,20,23)/t16-/m1/s1. The molecule has 3 rings (SSSR count). The number of rotatable bonds is 4. The van der Waals surface area contributed by atoms with Crippen molar-refractivity contribution in [1.82, 2.24) is 25.3 Å². The number of carbonyl (C=O) groups excluding carboxylic acids is 1. The molecule has 1 fully saturated rings. The number of nitrogens with one attached hydrogen (secondary N) is 1. The van der Waals surface area contributed by atoms with Crippen molar-refractivity contribution in [2.24, 2.45) is 0 Å². The molecule has 24 heavy (non-hydrogen) atoms. The highest BCUT2D eigenvalue weighted by Crippen LogP contribution is 2.23. The zero-order valence-electron chi connectivity index (χ0n) is 13.5. The molecular weight excluding hydrogens is 308 g/mol. The number of anilines is 1. The number of piperidine rings is 1. The summed E-state index contributed by atoms with van der Waals surface area (Å²) in [5, 5.41) is 13.6. The van der Waals surface area contributed by atoms with E-state index in [2.05, 4.69) is 25.3 Å².